The van der Waals surface area contributed by atoms with Gasteiger partial charge in [0.1, 0.15) is 12.4 Å². The highest BCUT2D eigenvalue weighted by atomic mass is 16.5. The molecule has 0 N–H and O–H groups in total. The SMILES string of the molecule is C#CCOc1ccc2c(c1)c(-c1ccc(C(C)C)cc1)nc(=O)n2Cc1ccc(-c2cnccn2)cc1. The van der Waals surface area contributed by atoms with E-state index in [1.807, 2.05) is 54.6 Å². The summed E-state index contributed by atoms with van der Waals surface area (Å²) in [6, 6.07) is 21.8. The highest BCUT2D eigenvalue weighted by Crippen LogP contribution is 2.30. The van der Waals surface area contributed by atoms with Gasteiger partial charge in [0.2, 0.25) is 0 Å². The standard InChI is InChI=1S/C31H26N4O2/c1-4-17-37-26-13-14-29-27(18-26)30(25-11-9-23(10-12-25)21(2)3)34-31(36)35(29)20-22-5-7-24(8-6-22)28-19-32-15-16-33-28/h1,5-16,18-19,21H,17,20H2,2-3H3. The number of aromatic nitrogens is 4. The third-order valence-corrected chi connectivity index (χ3v) is 6.28. The molecule has 0 fully saturated rings. The van der Waals surface area contributed by atoms with Crippen molar-refractivity contribution in [3.63, 3.8) is 0 Å². The molecule has 5 aromatic rings. The molecule has 0 unspecified atom stereocenters. The number of rotatable bonds is 7. The van der Waals surface area contributed by atoms with Crippen LogP contribution in [0.15, 0.2) is 90.1 Å². The lowest BCUT2D eigenvalue weighted by Gasteiger charge is -2.15. The summed E-state index contributed by atoms with van der Waals surface area (Å²) in [5.74, 6) is 3.54. The predicted octanol–water partition coefficient (Wildman–Crippen LogP) is 5.70. The zero-order valence-corrected chi connectivity index (χ0v) is 20.8. The lowest BCUT2D eigenvalue weighted by molar-refractivity contribution is 0.371. The van der Waals surface area contributed by atoms with Crippen LogP contribution in [-0.4, -0.2) is 26.1 Å². The minimum Gasteiger partial charge on any atom is -0.481 e. The Hall–Kier alpha value is -4.76. The smallest absolute Gasteiger partial charge is 0.348 e. The van der Waals surface area contributed by atoms with Gasteiger partial charge >= 0.3 is 5.69 Å². The fourth-order valence-corrected chi connectivity index (χ4v) is 4.28. The summed E-state index contributed by atoms with van der Waals surface area (Å²) in [6.45, 7) is 4.84. The van der Waals surface area contributed by atoms with Crippen molar-refractivity contribution in [3.8, 4) is 40.6 Å². The van der Waals surface area contributed by atoms with Crippen molar-refractivity contribution in [1.29, 1.82) is 0 Å². The predicted molar refractivity (Wildman–Crippen MR) is 146 cm³/mol. The maximum atomic E-state index is 13.3. The van der Waals surface area contributed by atoms with E-state index in [4.69, 9.17) is 11.2 Å². The first kappa shape index (κ1) is 24.0. The Morgan fingerprint density at radius 1 is 0.973 bits per heavy atom. The molecule has 0 radical (unpaired) electrons. The Labute approximate surface area is 215 Å². The molecule has 0 spiro atoms. The lowest BCUT2D eigenvalue weighted by atomic mass is 9.99. The zero-order valence-electron chi connectivity index (χ0n) is 20.8. The quantitative estimate of drug-likeness (QED) is 0.276. The van der Waals surface area contributed by atoms with E-state index in [2.05, 4.69) is 46.9 Å². The number of ether oxygens (including phenoxy) is 1. The molecule has 0 saturated carbocycles. The summed E-state index contributed by atoms with van der Waals surface area (Å²) in [5.41, 5.74) is 5.91. The van der Waals surface area contributed by atoms with Crippen molar-refractivity contribution in [3.05, 3.63) is 107 Å². The van der Waals surface area contributed by atoms with Gasteiger partial charge in [0.25, 0.3) is 0 Å². The van der Waals surface area contributed by atoms with Crippen LogP contribution in [0.3, 0.4) is 0 Å². The number of fused-ring (bicyclic) bond motifs is 1. The second kappa shape index (κ2) is 10.5. The molecule has 2 heterocycles. The van der Waals surface area contributed by atoms with E-state index in [0.29, 0.717) is 23.9 Å². The van der Waals surface area contributed by atoms with Gasteiger partial charge in [-0.1, -0.05) is 68.3 Å². The lowest BCUT2D eigenvalue weighted by Crippen LogP contribution is -2.24. The van der Waals surface area contributed by atoms with Gasteiger partial charge in [0, 0.05) is 28.9 Å². The van der Waals surface area contributed by atoms with Gasteiger partial charge in [-0.3, -0.25) is 14.5 Å². The van der Waals surface area contributed by atoms with Crippen LogP contribution in [0, 0.1) is 12.3 Å². The van der Waals surface area contributed by atoms with Gasteiger partial charge < -0.3 is 4.74 Å². The molecule has 0 saturated heterocycles. The molecule has 0 aliphatic heterocycles. The van der Waals surface area contributed by atoms with Crippen molar-refractivity contribution < 1.29 is 4.74 Å². The Balaban J connectivity index is 1.57. The monoisotopic (exact) mass is 486 g/mol. The largest absolute Gasteiger partial charge is 0.481 e. The number of nitrogens with zero attached hydrogens (tertiary/aromatic N) is 4. The number of hydrogen-bond donors (Lipinski definition) is 0. The molecule has 0 atom stereocenters. The second-order valence-electron chi connectivity index (χ2n) is 9.07. The van der Waals surface area contributed by atoms with Crippen LogP contribution >= 0.6 is 0 Å². The molecule has 5 rings (SSSR count). The van der Waals surface area contributed by atoms with Crippen LogP contribution < -0.4 is 10.4 Å². The summed E-state index contributed by atoms with van der Waals surface area (Å²) in [4.78, 5) is 26.3. The maximum Gasteiger partial charge on any atom is 0.348 e. The van der Waals surface area contributed by atoms with Gasteiger partial charge in [0.05, 0.1) is 29.6 Å². The van der Waals surface area contributed by atoms with Crippen LogP contribution in [-0.2, 0) is 6.54 Å². The topological polar surface area (TPSA) is 69.9 Å². The van der Waals surface area contributed by atoms with E-state index >= 15 is 0 Å². The first-order valence-electron chi connectivity index (χ1n) is 12.1. The molecule has 0 aliphatic rings. The molecule has 182 valence electrons. The van der Waals surface area contributed by atoms with E-state index in [-0.39, 0.29) is 12.3 Å². The van der Waals surface area contributed by atoms with Gasteiger partial charge in [-0.25, -0.2) is 4.79 Å². The highest BCUT2D eigenvalue weighted by Gasteiger charge is 2.15. The van der Waals surface area contributed by atoms with Gasteiger partial charge in [0.15, 0.2) is 0 Å². The van der Waals surface area contributed by atoms with Crippen molar-refractivity contribution in [2.75, 3.05) is 6.61 Å². The molecule has 3 aromatic carbocycles. The summed E-state index contributed by atoms with van der Waals surface area (Å²) in [5, 5.41) is 0.822. The maximum absolute atomic E-state index is 13.3. The van der Waals surface area contributed by atoms with Crippen molar-refractivity contribution in [2.24, 2.45) is 0 Å². The zero-order chi connectivity index (χ0) is 25.8. The van der Waals surface area contributed by atoms with E-state index in [1.165, 1.54) is 5.56 Å². The van der Waals surface area contributed by atoms with Crippen molar-refractivity contribution in [2.45, 2.75) is 26.3 Å². The first-order valence-corrected chi connectivity index (χ1v) is 12.1. The molecule has 2 aromatic heterocycles. The van der Waals surface area contributed by atoms with Gasteiger partial charge in [-0.05, 0) is 35.2 Å². The van der Waals surface area contributed by atoms with Crippen LogP contribution in [0.5, 0.6) is 5.75 Å². The van der Waals surface area contributed by atoms with Crippen molar-refractivity contribution >= 4 is 10.9 Å². The average molecular weight is 487 g/mol. The Morgan fingerprint density at radius 3 is 2.41 bits per heavy atom. The first-order chi connectivity index (χ1) is 18.0. The van der Waals surface area contributed by atoms with E-state index in [0.717, 1.165) is 33.3 Å². The molecule has 0 bridgehead atoms. The molecule has 6 heteroatoms. The second-order valence-corrected chi connectivity index (χ2v) is 9.07. The highest BCUT2D eigenvalue weighted by molar-refractivity contribution is 5.93. The summed E-state index contributed by atoms with van der Waals surface area (Å²) in [7, 11) is 0. The normalized spacial score (nSPS) is 11.0. The Morgan fingerprint density at radius 2 is 1.73 bits per heavy atom. The minimum atomic E-state index is -0.314. The molecule has 0 amide bonds. The van der Waals surface area contributed by atoms with E-state index in [9.17, 15) is 4.79 Å². The molecular formula is C31H26N4O2. The van der Waals surface area contributed by atoms with Crippen LogP contribution in [0.1, 0.15) is 30.9 Å². The van der Waals surface area contributed by atoms with E-state index < -0.39 is 0 Å². The molecule has 0 aliphatic carbocycles. The summed E-state index contributed by atoms with van der Waals surface area (Å²) < 4.78 is 7.37. The Bertz CT molecular complexity index is 1630. The Kier molecular flexibility index (Phi) is 6.78. The van der Waals surface area contributed by atoms with Crippen LogP contribution in [0.4, 0.5) is 0 Å². The molecular weight excluding hydrogens is 460 g/mol. The van der Waals surface area contributed by atoms with Crippen LogP contribution in [0.2, 0.25) is 0 Å². The fraction of sp³-hybridized carbons (Fsp3) is 0.161. The third kappa shape index (κ3) is 5.12. The number of terminal acetylenes is 1. The summed E-state index contributed by atoms with van der Waals surface area (Å²) in [6.07, 6.45) is 10.4. The van der Waals surface area contributed by atoms with E-state index in [1.54, 1.807) is 23.2 Å². The fourth-order valence-electron chi connectivity index (χ4n) is 4.28. The van der Waals surface area contributed by atoms with Crippen molar-refractivity contribution in [1.82, 2.24) is 19.5 Å². The minimum absolute atomic E-state index is 0.162. The summed E-state index contributed by atoms with van der Waals surface area (Å²) >= 11 is 0. The average Bonchev–Trinajstić information content (AvgIpc) is 2.94. The third-order valence-electron chi connectivity index (χ3n) is 6.28. The number of benzene rings is 3. The van der Waals surface area contributed by atoms with Crippen LogP contribution in [0.25, 0.3) is 33.4 Å². The molecule has 37 heavy (non-hydrogen) atoms. The van der Waals surface area contributed by atoms with Gasteiger partial charge in [-0.15, -0.1) is 6.42 Å². The number of hydrogen-bond acceptors (Lipinski definition) is 5. The molecule has 6 nitrogen and oxygen atoms in total. The van der Waals surface area contributed by atoms with Gasteiger partial charge in [-0.2, -0.15) is 4.98 Å².